The summed E-state index contributed by atoms with van der Waals surface area (Å²) in [4.78, 5) is 15.5. The lowest BCUT2D eigenvalue weighted by Crippen LogP contribution is -2.45. The van der Waals surface area contributed by atoms with Crippen molar-refractivity contribution < 1.29 is 9.18 Å². The van der Waals surface area contributed by atoms with Crippen LogP contribution >= 0.6 is 0 Å². The zero-order valence-electron chi connectivity index (χ0n) is 16.6. The van der Waals surface area contributed by atoms with Crippen molar-refractivity contribution in [1.29, 1.82) is 0 Å². The molecule has 1 saturated heterocycles. The number of aromatic nitrogens is 2. The maximum absolute atomic E-state index is 13.3. The van der Waals surface area contributed by atoms with Gasteiger partial charge in [-0.1, -0.05) is 6.92 Å². The minimum atomic E-state index is -0.267. The van der Waals surface area contributed by atoms with Crippen LogP contribution in [0.25, 0.3) is 5.69 Å². The lowest BCUT2D eigenvalue weighted by Gasteiger charge is -2.32. The zero-order chi connectivity index (χ0) is 19.5. The van der Waals surface area contributed by atoms with Gasteiger partial charge in [-0.3, -0.25) is 4.79 Å². The third kappa shape index (κ3) is 3.97. The molecule has 1 aliphatic heterocycles. The Bertz CT molecular complexity index is 822. The Morgan fingerprint density at radius 2 is 1.89 bits per heavy atom. The highest BCUT2D eigenvalue weighted by atomic mass is 19.1. The van der Waals surface area contributed by atoms with Crippen molar-refractivity contribution >= 4 is 5.91 Å². The maximum Gasteiger partial charge on any atom is 0.272 e. The summed E-state index contributed by atoms with van der Waals surface area (Å²) in [5.74, 6) is -0.329. The summed E-state index contributed by atoms with van der Waals surface area (Å²) in [6, 6.07) is 6.55. The van der Waals surface area contributed by atoms with E-state index >= 15 is 0 Å². The molecule has 0 atom stereocenters. The quantitative estimate of drug-likeness (QED) is 0.858. The van der Waals surface area contributed by atoms with E-state index in [1.807, 2.05) is 4.68 Å². The summed E-state index contributed by atoms with van der Waals surface area (Å²) in [5.41, 5.74) is 3.53. The molecule has 0 spiro atoms. The van der Waals surface area contributed by atoms with E-state index in [-0.39, 0.29) is 17.8 Å². The van der Waals surface area contributed by atoms with Crippen LogP contribution in [0.3, 0.4) is 0 Å². The van der Waals surface area contributed by atoms with Crippen LogP contribution in [0.15, 0.2) is 24.3 Å². The Morgan fingerprint density at radius 3 is 2.61 bits per heavy atom. The van der Waals surface area contributed by atoms with Gasteiger partial charge in [-0.2, -0.15) is 5.10 Å². The number of carbonyl (C=O) groups excluding carboxylic acids is 1. The standard InChI is InChI=1S/C22H29FN4O/c1-2-13-26-14-11-17(12-15-26)24-22(28)21-19-5-3-4-6-20(19)27(25-21)18-9-7-16(23)8-10-18/h7-10,17H,2-6,11-15H2,1H3,(H,24,28). The number of amides is 1. The molecule has 0 unspecified atom stereocenters. The number of nitrogens with zero attached hydrogens (tertiary/aromatic N) is 3. The van der Waals surface area contributed by atoms with Gasteiger partial charge in [-0.05, 0) is 75.8 Å². The second kappa shape index (κ2) is 8.43. The van der Waals surface area contributed by atoms with Crippen LogP contribution < -0.4 is 5.32 Å². The maximum atomic E-state index is 13.3. The molecule has 0 bridgehead atoms. The molecule has 1 amide bonds. The second-order valence-corrected chi connectivity index (χ2v) is 7.96. The number of hydrogen-bond acceptors (Lipinski definition) is 3. The predicted molar refractivity (Wildman–Crippen MR) is 107 cm³/mol. The molecule has 5 nitrogen and oxygen atoms in total. The molecule has 150 valence electrons. The van der Waals surface area contributed by atoms with E-state index in [9.17, 15) is 9.18 Å². The van der Waals surface area contributed by atoms with Gasteiger partial charge in [0.1, 0.15) is 5.82 Å². The number of halogens is 1. The van der Waals surface area contributed by atoms with Crippen LogP contribution in [0.2, 0.25) is 0 Å². The first-order valence-electron chi connectivity index (χ1n) is 10.6. The average molecular weight is 384 g/mol. The largest absolute Gasteiger partial charge is 0.348 e. The van der Waals surface area contributed by atoms with E-state index in [0.717, 1.165) is 75.1 Å². The average Bonchev–Trinajstić information content (AvgIpc) is 3.10. The predicted octanol–water partition coefficient (Wildman–Crippen LogP) is 3.49. The van der Waals surface area contributed by atoms with Gasteiger partial charge in [0.2, 0.25) is 0 Å². The molecule has 1 aliphatic carbocycles. The molecule has 1 fully saturated rings. The Labute approximate surface area is 165 Å². The lowest BCUT2D eigenvalue weighted by molar-refractivity contribution is 0.0904. The summed E-state index contributed by atoms with van der Waals surface area (Å²) < 4.78 is 15.2. The fourth-order valence-electron chi connectivity index (χ4n) is 4.45. The highest BCUT2D eigenvalue weighted by Crippen LogP contribution is 2.27. The topological polar surface area (TPSA) is 50.2 Å². The van der Waals surface area contributed by atoms with Gasteiger partial charge in [0.15, 0.2) is 5.69 Å². The Kier molecular flexibility index (Phi) is 5.76. The number of nitrogens with one attached hydrogen (secondary N) is 1. The number of rotatable bonds is 5. The summed E-state index contributed by atoms with van der Waals surface area (Å²) in [6.07, 6.45) is 7.12. The smallest absolute Gasteiger partial charge is 0.272 e. The van der Waals surface area contributed by atoms with E-state index in [0.29, 0.717) is 5.69 Å². The van der Waals surface area contributed by atoms with E-state index in [1.165, 1.54) is 18.6 Å². The first kappa shape index (κ1) is 19.1. The van der Waals surface area contributed by atoms with Crippen molar-refractivity contribution in [1.82, 2.24) is 20.0 Å². The van der Waals surface area contributed by atoms with Crippen LogP contribution in [0.4, 0.5) is 4.39 Å². The molecule has 28 heavy (non-hydrogen) atoms. The molecule has 2 heterocycles. The SMILES string of the molecule is CCCN1CCC(NC(=O)c2nn(-c3ccc(F)cc3)c3c2CCCC3)CC1. The Hall–Kier alpha value is -2.21. The molecule has 1 N–H and O–H groups in total. The van der Waals surface area contributed by atoms with Gasteiger partial charge in [-0.25, -0.2) is 9.07 Å². The number of piperidine rings is 1. The fourth-order valence-corrected chi connectivity index (χ4v) is 4.45. The molecule has 1 aromatic heterocycles. The Morgan fingerprint density at radius 1 is 1.18 bits per heavy atom. The summed E-state index contributed by atoms with van der Waals surface area (Å²) in [5, 5.41) is 7.89. The third-order valence-corrected chi connectivity index (χ3v) is 5.93. The molecule has 0 radical (unpaired) electrons. The molecule has 0 saturated carbocycles. The van der Waals surface area contributed by atoms with Crippen molar-refractivity contribution in [2.24, 2.45) is 0 Å². The van der Waals surface area contributed by atoms with Gasteiger partial charge in [0.05, 0.1) is 5.69 Å². The number of likely N-dealkylation sites (tertiary alicyclic amines) is 1. The van der Waals surface area contributed by atoms with Crippen LogP contribution in [0.1, 0.15) is 60.8 Å². The monoisotopic (exact) mass is 384 g/mol. The highest BCUT2D eigenvalue weighted by molar-refractivity contribution is 5.94. The van der Waals surface area contributed by atoms with Crippen LogP contribution in [0.5, 0.6) is 0 Å². The first-order chi connectivity index (χ1) is 13.7. The number of fused-ring (bicyclic) bond motifs is 1. The minimum Gasteiger partial charge on any atom is -0.348 e. The van der Waals surface area contributed by atoms with Crippen LogP contribution in [0, 0.1) is 5.82 Å². The van der Waals surface area contributed by atoms with Gasteiger partial charge < -0.3 is 10.2 Å². The molecule has 2 aromatic rings. The summed E-state index contributed by atoms with van der Waals surface area (Å²) >= 11 is 0. The van der Waals surface area contributed by atoms with Crippen molar-refractivity contribution in [2.45, 2.75) is 57.9 Å². The van der Waals surface area contributed by atoms with Crippen molar-refractivity contribution in [2.75, 3.05) is 19.6 Å². The van der Waals surface area contributed by atoms with E-state index in [2.05, 4.69) is 22.2 Å². The first-order valence-corrected chi connectivity index (χ1v) is 10.6. The number of benzene rings is 1. The van der Waals surface area contributed by atoms with Crippen molar-refractivity contribution in [3.05, 3.63) is 47.0 Å². The normalized spacial score (nSPS) is 18.1. The van der Waals surface area contributed by atoms with Crippen LogP contribution in [-0.4, -0.2) is 46.3 Å². The van der Waals surface area contributed by atoms with E-state index in [4.69, 9.17) is 0 Å². The molecular formula is C22H29FN4O. The fraction of sp³-hybridized carbons (Fsp3) is 0.545. The zero-order valence-corrected chi connectivity index (χ0v) is 16.6. The number of hydrogen-bond donors (Lipinski definition) is 1. The van der Waals surface area contributed by atoms with Gasteiger partial charge >= 0.3 is 0 Å². The lowest BCUT2D eigenvalue weighted by atomic mass is 9.95. The Balaban J connectivity index is 1.53. The molecular weight excluding hydrogens is 355 g/mol. The van der Waals surface area contributed by atoms with Crippen molar-refractivity contribution in [3.63, 3.8) is 0 Å². The minimum absolute atomic E-state index is 0.0621. The van der Waals surface area contributed by atoms with Gasteiger partial charge in [0, 0.05) is 30.4 Å². The molecule has 4 rings (SSSR count). The molecule has 2 aliphatic rings. The van der Waals surface area contributed by atoms with E-state index in [1.54, 1.807) is 12.1 Å². The summed E-state index contributed by atoms with van der Waals surface area (Å²) in [7, 11) is 0. The highest BCUT2D eigenvalue weighted by Gasteiger charge is 2.28. The van der Waals surface area contributed by atoms with Crippen LogP contribution in [-0.2, 0) is 12.8 Å². The van der Waals surface area contributed by atoms with Gasteiger partial charge in [0.25, 0.3) is 5.91 Å². The summed E-state index contributed by atoms with van der Waals surface area (Å²) in [6.45, 7) is 5.42. The molecule has 6 heteroatoms. The number of carbonyl (C=O) groups is 1. The van der Waals surface area contributed by atoms with Crippen molar-refractivity contribution in [3.8, 4) is 5.69 Å². The van der Waals surface area contributed by atoms with Gasteiger partial charge in [-0.15, -0.1) is 0 Å². The van der Waals surface area contributed by atoms with E-state index < -0.39 is 0 Å². The third-order valence-electron chi connectivity index (χ3n) is 5.93. The molecule has 1 aromatic carbocycles. The second-order valence-electron chi connectivity index (χ2n) is 7.96.